The van der Waals surface area contributed by atoms with E-state index in [4.69, 9.17) is 10.5 Å². The van der Waals surface area contributed by atoms with E-state index in [0.29, 0.717) is 0 Å². The third-order valence-corrected chi connectivity index (χ3v) is 2.63. The minimum Gasteiger partial charge on any atom is -0.486 e. The predicted molar refractivity (Wildman–Crippen MR) is 66.9 cm³/mol. The highest BCUT2D eigenvalue weighted by molar-refractivity contribution is 5.83. The minimum absolute atomic E-state index is 0.0691. The van der Waals surface area contributed by atoms with E-state index in [1.54, 1.807) is 6.20 Å². The highest BCUT2D eigenvalue weighted by atomic mass is 16.5. The zero-order chi connectivity index (χ0) is 11.5. The van der Waals surface area contributed by atoms with Crippen LogP contribution in [0.3, 0.4) is 0 Å². The molecule has 2 rings (SSSR count). The molecule has 1 aromatic rings. The summed E-state index contributed by atoms with van der Waals surface area (Å²) in [4.78, 5) is 4.18. The van der Waals surface area contributed by atoms with Gasteiger partial charge in [-0.05, 0) is 31.6 Å². The molecule has 1 atom stereocenters. The molecule has 0 bridgehead atoms. The molecule has 0 spiro atoms. The summed E-state index contributed by atoms with van der Waals surface area (Å²) < 4.78 is 5.81. The Balaban J connectivity index is 2.07. The molecule has 0 aliphatic carbocycles. The molecule has 0 radical (unpaired) electrons. The number of anilines is 1. The molecular formula is C13H16N2O. The van der Waals surface area contributed by atoms with Gasteiger partial charge in [0, 0.05) is 30.1 Å². The first-order valence-corrected chi connectivity index (χ1v) is 5.38. The van der Waals surface area contributed by atoms with Crippen molar-refractivity contribution in [2.75, 3.05) is 5.73 Å². The van der Waals surface area contributed by atoms with E-state index < -0.39 is 0 Å². The number of aryl methyl sites for hydroxylation is 1. The molecule has 1 aliphatic rings. The van der Waals surface area contributed by atoms with Gasteiger partial charge < -0.3 is 10.5 Å². The van der Waals surface area contributed by atoms with E-state index in [-0.39, 0.29) is 6.10 Å². The Kier molecular flexibility index (Phi) is 2.95. The second kappa shape index (κ2) is 4.39. The predicted octanol–water partition coefficient (Wildman–Crippen LogP) is 2.70. The van der Waals surface area contributed by atoms with Gasteiger partial charge in [-0.15, -0.1) is 0 Å². The van der Waals surface area contributed by atoms with Crippen molar-refractivity contribution in [1.82, 2.24) is 0 Å². The largest absolute Gasteiger partial charge is 0.486 e. The maximum Gasteiger partial charge on any atom is 0.124 e. The second-order valence-corrected chi connectivity index (χ2v) is 4.08. The number of hydrogen-bond acceptors (Lipinski definition) is 3. The van der Waals surface area contributed by atoms with E-state index >= 15 is 0 Å². The maximum absolute atomic E-state index is 5.83. The molecule has 0 saturated heterocycles. The van der Waals surface area contributed by atoms with E-state index in [1.807, 2.05) is 38.1 Å². The van der Waals surface area contributed by atoms with Crippen molar-refractivity contribution in [2.24, 2.45) is 4.99 Å². The van der Waals surface area contributed by atoms with Crippen molar-refractivity contribution in [1.29, 1.82) is 0 Å². The lowest BCUT2D eigenvalue weighted by Gasteiger charge is -2.18. The summed E-state index contributed by atoms with van der Waals surface area (Å²) in [5, 5.41) is 0. The first-order chi connectivity index (χ1) is 7.65. The zero-order valence-electron chi connectivity index (χ0n) is 9.60. The van der Waals surface area contributed by atoms with Gasteiger partial charge >= 0.3 is 0 Å². The van der Waals surface area contributed by atoms with Crippen LogP contribution in [-0.2, 0) is 0 Å². The monoisotopic (exact) mass is 216 g/mol. The van der Waals surface area contributed by atoms with Crippen LogP contribution in [0.2, 0.25) is 0 Å². The van der Waals surface area contributed by atoms with Gasteiger partial charge in [0.05, 0.1) is 0 Å². The third kappa shape index (κ3) is 2.42. The van der Waals surface area contributed by atoms with Crippen molar-refractivity contribution >= 4 is 11.4 Å². The lowest BCUT2D eigenvalue weighted by molar-refractivity contribution is 0.256. The fourth-order valence-electron chi connectivity index (χ4n) is 1.63. The number of aliphatic imine (C=N–C) groups is 1. The first kappa shape index (κ1) is 10.7. The molecule has 0 fully saturated rings. The molecule has 3 nitrogen and oxygen atoms in total. The molecule has 0 amide bonds. The summed E-state index contributed by atoms with van der Waals surface area (Å²) in [6.07, 6.45) is 4.66. The van der Waals surface area contributed by atoms with Crippen LogP contribution in [0, 0.1) is 6.92 Å². The van der Waals surface area contributed by atoms with Crippen LogP contribution in [0.5, 0.6) is 5.75 Å². The highest BCUT2D eigenvalue weighted by Gasteiger charge is 2.11. The van der Waals surface area contributed by atoms with Gasteiger partial charge in [-0.2, -0.15) is 0 Å². The van der Waals surface area contributed by atoms with Crippen molar-refractivity contribution in [3.05, 3.63) is 36.0 Å². The molecule has 3 heteroatoms. The Morgan fingerprint density at radius 3 is 2.88 bits per heavy atom. The lowest BCUT2D eigenvalue weighted by atomic mass is 10.1. The van der Waals surface area contributed by atoms with Gasteiger partial charge in [0.15, 0.2) is 0 Å². The van der Waals surface area contributed by atoms with E-state index in [9.17, 15) is 0 Å². The molecule has 16 heavy (non-hydrogen) atoms. The van der Waals surface area contributed by atoms with Crippen LogP contribution in [0.1, 0.15) is 18.9 Å². The number of benzene rings is 1. The number of hydrogen-bond donors (Lipinski definition) is 1. The summed E-state index contributed by atoms with van der Waals surface area (Å²) in [6, 6.07) is 5.78. The quantitative estimate of drug-likeness (QED) is 0.773. The molecule has 0 saturated carbocycles. The summed E-state index contributed by atoms with van der Waals surface area (Å²) in [6.45, 7) is 3.99. The van der Waals surface area contributed by atoms with Gasteiger partial charge in [-0.3, -0.25) is 4.99 Å². The van der Waals surface area contributed by atoms with Gasteiger partial charge in [-0.25, -0.2) is 0 Å². The van der Waals surface area contributed by atoms with Crippen LogP contribution in [0.25, 0.3) is 0 Å². The smallest absolute Gasteiger partial charge is 0.124 e. The van der Waals surface area contributed by atoms with Crippen molar-refractivity contribution in [2.45, 2.75) is 26.4 Å². The lowest BCUT2D eigenvalue weighted by Crippen LogP contribution is -2.19. The fourth-order valence-corrected chi connectivity index (χ4v) is 1.63. The normalized spacial score (nSPS) is 19.4. The number of ether oxygens (including phenoxy) is 1. The summed E-state index contributed by atoms with van der Waals surface area (Å²) in [7, 11) is 0. The second-order valence-electron chi connectivity index (χ2n) is 4.08. The molecule has 1 unspecified atom stereocenters. The van der Waals surface area contributed by atoms with Crippen LogP contribution < -0.4 is 10.5 Å². The standard InChI is InChI=1S/C13H16N2O/c1-9-3-4-11(8-13(9)14)16-12-5-6-15-10(2)7-12/h3-6,8,12H,7,14H2,1-2H3. The molecule has 1 aliphatic heterocycles. The zero-order valence-corrected chi connectivity index (χ0v) is 9.60. The Morgan fingerprint density at radius 2 is 2.19 bits per heavy atom. The van der Waals surface area contributed by atoms with Crippen LogP contribution in [-0.4, -0.2) is 11.8 Å². The molecule has 0 aromatic heterocycles. The average Bonchev–Trinajstić information content (AvgIpc) is 2.24. The minimum atomic E-state index is 0.0691. The van der Waals surface area contributed by atoms with Crippen molar-refractivity contribution in [3.8, 4) is 5.75 Å². The van der Waals surface area contributed by atoms with Crippen LogP contribution in [0.4, 0.5) is 5.69 Å². The Morgan fingerprint density at radius 1 is 1.38 bits per heavy atom. The van der Waals surface area contributed by atoms with Crippen LogP contribution >= 0.6 is 0 Å². The van der Waals surface area contributed by atoms with Gasteiger partial charge in [0.25, 0.3) is 0 Å². The number of nitrogens with zero attached hydrogens (tertiary/aromatic N) is 1. The van der Waals surface area contributed by atoms with Crippen molar-refractivity contribution in [3.63, 3.8) is 0 Å². The third-order valence-electron chi connectivity index (χ3n) is 2.63. The summed E-state index contributed by atoms with van der Waals surface area (Å²) >= 11 is 0. The topological polar surface area (TPSA) is 47.6 Å². The number of nitrogens with two attached hydrogens (primary N) is 1. The molecule has 2 N–H and O–H groups in total. The maximum atomic E-state index is 5.83. The van der Waals surface area contributed by atoms with E-state index in [1.165, 1.54) is 0 Å². The fraction of sp³-hybridized carbons (Fsp3) is 0.308. The SMILES string of the molecule is CC1=NC=CC(Oc2ccc(C)c(N)c2)C1. The average molecular weight is 216 g/mol. The molecule has 84 valence electrons. The van der Waals surface area contributed by atoms with E-state index in [2.05, 4.69) is 4.99 Å². The van der Waals surface area contributed by atoms with Crippen molar-refractivity contribution < 1.29 is 4.74 Å². The Bertz CT molecular complexity index is 449. The molecular weight excluding hydrogens is 200 g/mol. The Hall–Kier alpha value is -1.77. The van der Waals surface area contributed by atoms with Gasteiger partial charge in [0.2, 0.25) is 0 Å². The molecule has 1 heterocycles. The summed E-state index contributed by atoms with van der Waals surface area (Å²) in [5.41, 5.74) is 8.76. The Labute approximate surface area is 95.6 Å². The summed E-state index contributed by atoms with van der Waals surface area (Å²) in [5.74, 6) is 0.812. The van der Waals surface area contributed by atoms with Crippen LogP contribution in [0.15, 0.2) is 35.5 Å². The first-order valence-electron chi connectivity index (χ1n) is 5.38. The number of rotatable bonds is 2. The van der Waals surface area contributed by atoms with Gasteiger partial charge in [0.1, 0.15) is 11.9 Å². The number of nitrogen functional groups attached to an aromatic ring is 1. The van der Waals surface area contributed by atoms with Gasteiger partial charge in [-0.1, -0.05) is 6.07 Å². The molecule has 1 aromatic carbocycles. The highest BCUT2D eigenvalue weighted by Crippen LogP contribution is 2.21. The van der Waals surface area contributed by atoms with E-state index in [0.717, 1.165) is 29.1 Å².